The fourth-order valence-corrected chi connectivity index (χ4v) is 3.31. The van der Waals surface area contributed by atoms with E-state index in [4.69, 9.17) is 5.73 Å². The van der Waals surface area contributed by atoms with Crippen LogP contribution in [-0.2, 0) is 6.54 Å². The Labute approximate surface area is 144 Å². The largest absolute Gasteiger partial charge is 0.336 e. The van der Waals surface area contributed by atoms with Gasteiger partial charge in [-0.1, -0.05) is 18.6 Å². The van der Waals surface area contributed by atoms with Crippen LogP contribution in [0.4, 0.5) is 0 Å². The second-order valence-electron chi connectivity index (χ2n) is 5.84. The lowest BCUT2D eigenvalue weighted by molar-refractivity contribution is 0.0372. The van der Waals surface area contributed by atoms with E-state index < -0.39 is 0 Å². The maximum Gasteiger partial charge on any atom is 0.253 e. The van der Waals surface area contributed by atoms with Crippen LogP contribution in [0.3, 0.4) is 0 Å². The van der Waals surface area contributed by atoms with E-state index in [9.17, 15) is 4.79 Å². The van der Waals surface area contributed by atoms with Crippen molar-refractivity contribution in [2.75, 3.05) is 26.2 Å². The number of piperidine rings is 1. The highest BCUT2D eigenvalue weighted by atomic mass is 35.5. The van der Waals surface area contributed by atoms with Crippen molar-refractivity contribution in [1.29, 1.82) is 0 Å². The van der Waals surface area contributed by atoms with Gasteiger partial charge in [-0.2, -0.15) is 0 Å². The molecule has 2 heterocycles. The summed E-state index contributed by atoms with van der Waals surface area (Å²) < 4.78 is 0. The highest BCUT2D eigenvalue weighted by Crippen LogP contribution is 2.22. The van der Waals surface area contributed by atoms with Gasteiger partial charge < -0.3 is 10.6 Å². The van der Waals surface area contributed by atoms with Gasteiger partial charge in [-0.05, 0) is 37.1 Å². The van der Waals surface area contributed by atoms with Crippen LogP contribution in [0.5, 0.6) is 0 Å². The highest BCUT2D eigenvalue weighted by Gasteiger charge is 2.31. The smallest absolute Gasteiger partial charge is 0.253 e. The number of carbonyl (C=O) groups is 1. The van der Waals surface area contributed by atoms with Crippen LogP contribution in [0, 0.1) is 0 Å². The standard InChI is InChI=1S/C16H23N3O.2ClH/c17-11-13-4-6-14(7-5-13)16(20)19-10-9-18-8-2-1-3-15(18)12-19;;/h4-7,15H,1-3,8-12,17H2;2*1H. The molecule has 0 spiro atoms. The third-order valence-corrected chi connectivity index (χ3v) is 4.56. The molecular formula is C16H25Cl2N3O. The van der Waals surface area contributed by atoms with E-state index in [2.05, 4.69) is 4.90 Å². The quantitative estimate of drug-likeness (QED) is 0.894. The molecule has 0 bridgehead atoms. The normalized spacial score (nSPS) is 21.3. The van der Waals surface area contributed by atoms with Gasteiger partial charge in [-0.15, -0.1) is 24.8 Å². The number of halogens is 2. The van der Waals surface area contributed by atoms with E-state index >= 15 is 0 Å². The molecular weight excluding hydrogens is 321 g/mol. The zero-order chi connectivity index (χ0) is 13.9. The lowest BCUT2D eigenvalue weighted by Crippen LogP contribution is -2.56. The Hall–Kier alpha value is -0.810. The number of nitrogens with zero attached hydrogens (tertiary/aromatic N) is 2. The average molecular weight is 346 g/mol. The third kappa shape index (κ3) is 4.13. The van der Waals surface area contributed by atoms with Crippen molar-refractivity contribution in [2.45, 2.75) is 31.8 Å². The second kappa shape index (κ2) is 8.73. The summed E-state index contributed by atoms with van der Waals surface area (Å²) in [6.45, 7) is 4.50. The fourth-order valence-electron chi connectivity index (χ4n) is 3.31. The van der Waals surface area contributed by atoms with Crippen LogP contribution < -0.4 is 5.73 Å². The molecule has 2 aliphatic heterocycles. The molecule has 1 amide bonds. The molecule has 2 fully saturated rings. The topological polar surface area (TPSA) is 49.6 Å². The van der Waals surface area contributed by atoms with Crippen molar-refractivity contribution < 1.29 is 4.79 Å². The van der Waals surface area contributed by atoms with Gasteiger partial charge in [0, 0.05) is 37.8 Å². The number of carbonyl (C=O) groups excluding carboxylic acids is 1. The number of amides is 1. The zero-order valence-corrected chi connectivity index (χ0v) is 14.4. The lowest BCUT2D eigenvalue weighted by atomic mass is 9.99. The van der Waals surface area contributed by atoms with Crippen LogP contribution in [-0.4, -0.2) is 47.9 Å². The van der Waals surface area contributed by atoms with Crippen molar-refractivity contribution in [1.82, 2.24) is 9.80 Å². The van der Waals surface area contributed by atoms with E-state index in [1.165, 1.54) is 25.8 Å². The molecule has 1 aromatic carbocycles. The zero-order valence-electron chi connectivity index (χ0n) is 12.7. The van der Waals surface area contributed by atoms with E-state index in [1.54, 1.807) is 0 Å². The Morgan fingerprint density at radius 3 is 2.50 bits per heavy atom. The molecule has 0 aliphatic carbocycles. The molecule has 6 heteroatoms. The monoisotopic (exact) mass is 345 g/mol. The minimum atomic E-state index is 0. The molecule has 4 nitrogen and oxygen atoms in total. The number of piperazine rings is 1. The predicted molar refractivity (Wildman–Crippen MR) is 93.9 cm³/mol. The molecule has 1 aromatic rings. The summed E-state index contributed by atoms with van der Waals surface area (Å²) in [4.78, 5) is 17.1. The van der Waals surface area contributed by atoms with Crippen molar-refractivity contribution in [2.24, 2.45) is 5.73 Å². The number of hydrogen-bond acceptors (Lipinski definition) is 3. The molecule has 0 saturated carbocycles. The molecule has 3 rings (SSSR count). The Balaban J connectivity index is 0.00000121. The molecule has 1 unspecified atom stereocenters. The van der Waals surface area contributed by atoms with Crippen LogP contribution in [0.1, 0.15) is 35.2 Å². The second-order valence-corrected chi connectivity index (χ2v) is 5.84. The number of hydrogen-bond donors (Lipinski definition) is 1. The van der Waals surface area contributed by atoms with Crippen LogP contribution >= 0.6 is 24.8 Å². The van der Waals surface area contributed by atoms with Crippen molar-refractivity contribution in [3.8, 4) is 0 Å². The number of rotatable bonds is 2. The highest BCUT2D eigenvalue weighted by molar-refractivity contribution is 5.94. The summed E-state index contributed by atoms with van der Waals surface area (Å²) in [6, 6.07) is 8.27. The molecule has 0 radical (unpaired) electrons. The van der Waals surface area contributed by atoms with Gasteiger partial charge in [0.2, 0.25) is 0 Å². The number of nitrogens with two attached hydrogens (primary N) is 1. The molecule has 22 heavy (non-hydrogen) atoms. The van der Waals surface area contributed by atoms with Gasteiger partial charge in [0.25, 0.3) is 5.91 Å². The minimum Gasteiger partial charge on any atom is -0.336 e. The molecule has 1 atom stereocenters. The summed E-state index contributed by atoms with van der Waals surface area (Å²) in [5.74, 6) is 0.166. The van der Waals surface area contributed by atoms with Crippen molar-refractivity contribution >= 4 is 30.7 Å². The van der Waals surface area contributed by atoms with Crippen LogP contribution in [0.15, 0.2) is 24.3 Å². The first-order valence-electron chi connectivity index (χ1n) is 7.60. The van der Waals surface area contributed by atoms with Gasteiger partial charge in [0.05, 0.1) is 0 Å². The summed E-state index contributed by atoms with van der Waals surface area (Å²) >= 11 is 0. The first-order chi connectivity index (χ1) is 9.78. The maximum absolute atomic E-state index is 12.6. The maximum atomic E-state index is 12.6. The Morgan fingerprint density at radius 1 is 1.09 bits per heavy atom. The summed E-state index contributed by atoms with van der Waals surface area (Å²) in [5.41, 5.74) is 7.44. The lowest BCUT2D eigenvalue weighted by Gasteiger charge is -2.44. The summed E-state index contributed by atoms with van der Waals surface area (Å²) in [6.07, 6.45) is 3.84. The third-order valence-electron chi connectivity index (χ3n) is 4.56. The Bertz CT molecular complexity index is 481. The first-order valence-corrected chi connectivity index (χ1v) is 7.60. The molecule has 2 saturated heterocycles. The van der Waals surface area contributed by atoms with Gasteiger partial charge >= 0.3 is 0 Å². The SMILES string of the molecule is Cl.Cl.NCc1ccc(C(=O)N2CCN3CCCCC3C2)cc1. The molecule has 2 N–H and O–H groups in total. The van der Waals surface area contributed by atoms with E-state index in [-0.39, 0.29) is 30.7 Å². The van der Waals surface area contributed by atoms with Crippen LogP contribution in [0.25, 0.3) is 0 Å². The minimum absolute atomic E-state index is 0. The first kappa shape index (κ1) is 19.2. The number of fused-ring (bicyclic) bond motifs is 1. The van der Waals surface area contributed by atoms with Gasteiger partial charge in [-0.3, -0.25) is 9.69 Å². The van der Waals surface area contributed by atoms with E-state index in [0.717, 1.165) is 30.8 Å². The van der Waals surface area contributed by atoms with Gasteiger partial charge in [0.1, 0.15) is 0 Å². The number of benzene rings is 1. The summed E-state index contributed by atoms with van der Waals surface area (Å²) in [7, 11) is 0. The average Bonchev–Trinajstić information content (AvgIpc) is 2.54. The predicted octanol–water partition coefficient (Wildman–Crippen LogP) is 2.30. The van der Waals surface area contributed by atoms with Crippen LogP contribution in [0.2, 0.25) is 0 Å². The molecule has 0 aromatic heterocycles. The molecule has 124 valence electrons. The molecule has 2 aliphatic rings. The van der Waals surface area contributed by atoms with Gasteiger partial charge in [0.15, 0.2) is 0 Å². The van der Waals surface area contributed by atoms with E-state index in [1.807, 2.05) is 29.2 Å². The van der Waals surface area contributed by atoms with Crippen molar-refractivity contribution in [3.63, 3.8) is 0 Å². The van der Waals surface area contributed by atoms with Gasteiger partial charge in [-0.25, -0.2) is 0 Å². The van der Waals surface area contributed by atoms with Crippen molar-refractivity contribution in [3.05, 3.63) is 35.4 Å². The van der Waals surface area contributed by atoms with E-state index in [0.29, 0.717) is 12.6 Å². The Kier molecular flexibility index (Phi) is 7.63. The summed E-state index contributed by atoms with van der Waals surface area (Å²) in [5, 5.41) is 0. The fraction of sp³-hybridized carbons (Fsp3) is 0.562. The Morgan fingerprint density at radius 2 is 1.82 bits per heavy atom.